The second-order valence-corrected chi connectivity index (χ2v) is 7.20. The molecule has 128 valence electrons. The minimum atomic E-state index is -0.319. The zero-order chi connectivity index (χ0) is 17.2. The smallest absolute Gasteiger partial charge is 0.257 e. The van der Waals surface area contributed by atoms with E-state index in [1.54, 1.807) is 0 Å². The fourth-order valence-corrected chi connectivity index (χ4v) is 2.80. The third-order valence-electron chi connectivity index (χ3n) is 4.15. The first kappa shape index (κ1) is 16.6. The maximum Gasteiger partial charge on any atom is 0.257 e. The van der Waals surface area contributed by atoms with E-state index >= 15 is 0 Å². The molecule has 0 atom stereocenters. The Hall–Kier alpha value is -2.21. The first-order valence-electron chi connectivity index (χ1n) is 8.33. The fraction of sp³-hybridized carbons (Fsp3) is 0.500. The van der Waals surface area contributed by atoms with E-state index in [0.717, 1.165) is 31.7 Å². The van der Waals surface area contributed by atoms with Crippen molar-refractivity contribution in [3.05, 3.63) is 36.2 Å². The number of nitrogens with zero attached hydrogens (tertiary/aromatic N) is 4. The number of piperazine rings is 1. The van der Waals surface area contributed by atoms with E-state index in [1.165, 1.54) is 0 Å². The number of benzene rings is 1. The molecule has 0 radical (unpaired) electrons. The molecule has 0 N–H and O–H groups in total. The molecule has 3 rings (SSSR count). The first-order valence-corrected chi connectivity index (χ1v) is 8.33. The van der Waals surface area contributed by atoms with Crippen molar-refractivity contribution in [2.24, 2.45) is 5.41 Å². The van der Waals surface area contributed by atoms with Crippen molar-refractivity contribution in [1.29, 1.82) is 0 Å². The van der Waals surface area contributed by atoms with Crippen LogP contribution in [0.4, 0.5) is 0 Å². The van der Waals surface area contributed by atoms with Crippen LogP contribution in [0.1, 0.15) is 26.6 Å². The molecule has 2 heterocycles. The van der Waals surface area contributed by atoms with E-state index < -0.39 is 0 Å². The Morgan fingerprint density at radius 3 is 2.42 bits per heavy atom. The molecule has 1 aromatic heterocycles. The van der Waals surface area contributed by atoms with Gasteiger partial charge in [-0.2, -0.15) is 4.98 Å². The third-order valence-corrected chi connectivity index (χ3v) is 4.15. The van der Waals surface area contributed by atoms with E-state index in [1.807, 2.05) is 56.0 Å². The highest BCUT2D eigenvalue weighted by Gasteiger charge is 2.29. The number of hydrogen-bond donors (Lipinski definition) is 0. The molecule has 6 heteroatoms. The molecule has 0 bridgehead atoms. The zero-order valence-electron chi connectivity index (χ0n) is 14.5. The van der Waals surface area contributed by atoms with Gasteiger partial charge < -0.3 is 9.42 Å². The number of rotatable bonds is 3. The lowest BCUT2D eigenvalue weighted by molar-refractivity contribution is -0.141. The molecular weight excluding hydrogens is 304 g/mol. The largest absolute Gasteiger partial charge is 0.340 e. The van der Waals surface area contributed by atoms with Gasteiger partial charge in [0.15, 0.2) is 5.82 Å². The lowest BCUT2D eigenvalue weighted by atomic mass is 9.94. The molecule has 0 spiro atoms. The molecule has 6 nitrogen and oxygen atoms in total. The summed E-state index contributed by atoms with van der Waals surface area (Å²) in [4.78, 5) is 21.0. The highest BCUT2D eigenvalue weighted by Crippen LogP contribution is 2.20. The number of amides is 1. The van der Waals surface area contributed by atoms with Gasteiger partial charge in [0.1, 0.15) is 0 Å². The van der Waals surface area contributed by atoms with Gasteiger partial charge in [-0.1, -0.05) is 44.1 Å². The normalized spacial score (nSPS) is 16.4. The Morgan fingerprint density at radius 2 is 1.79 bits per heavy atom. The monoisotopic (exact) mass is 328 g/mol. The SMILES string of the molecule is CC(C)(C)C(=O)N1CCN(Cc2noc(-c3ccccc3)n2)CC1. The van der Waals surface area contributed by atoms with Gasteiger partial charge in [0.05, 0.1) is 6.54 Å². The molecule has 1 aliphatic rings. The average molecular weight is 328 g/mol. The van der Waals surface area contributed by atoms with E-state index in [2.05, 4.69) is 15.0 Å². The number of carbonyl (C=O) groups is 1. The molecular formula is C18H24N4O2. The van der Waals surface area contributed by atoms with Gasteiger partial charge in [-0.3, -0.25) is 9.69 Å². The van der Waals surface area contributed by atoms with Crippen LogP contribution in [0.25, 0.3) is 11.5 Å². The zero-order valence-corrected chi connectivity index (χ0v) is 14.5. The van der Waals surface area contributed by atoms with E-state index in [-0.39, 0.29) is 11.3 Å². The molecule has 1 saturated heterocycles. The summed E-state index contributed by atoms with van der Waals surface area (Å²) >= 11 is 0. The first-order chi connectivity index (χ1) is 11.4. The van der Waals surface area contributed by atoms with Crippen molar-refractivity contribution >= 4 is 5.91 Å². The van der Waals surface area contributed by atoms with Crippen LogP contribution in [0.15, 0.2) is 34.9 Å². The topological polar surface area (TPSA) is 62.5 Å². The van der Waals surface area contributed by atoms with Crippen molar-refractivity contribution in [2.75, 3.05) is 26.2 Å². The van der Waals surface area contributed by atoms with Gasteiger partial charge in [0, 0.05) is 37.2 Å². The molecule has 1 aliphatic heterocycles. The van der Waals surface area contributed by atoms with Crippen LogP contribution in [0.3, 0.4) is 0 Å². The summed E-state index contributed by atoms with van der Waals surface area (Å²) in [5.74, 6) is 1.45. The molecule has 1 aromatic carbocycles. The maximum atomic E-state index is 12.3. The molecule has 1 amide bonds. The summed E-state index contributed by atoms with van der Waals surface area (Å²) in [6.45, 7) is 9.70. The van der Waals surface area contributed by atoms with Crippen LogP contribution in [0, 0.1) is 5.41 Å². The van der Waals surface area contributed by atoms with Crippen LogP contribution in [0.5, 0.6) is 0 Å². The van der Waals surface area contributed by atoms with Crippen LogP contribution in [-0.2, 0) is 11.3 Å². The van der Waals surface area contributed by atoms with Gasteiger partial charge in [0.25, 0.3) is 5.89 Å². The van der Waals surface area contributed by atoms with Crippen molar-refractivity contribution in [1.82, 2.24) is 19.9 Å². The summed E-state index contributed by atoms with van der Waals surface area (Å²) in [5, 5.41) is 4.07. The maximum absolute atomic E-state index is 12.3. The number of aromatic nitrogens is 2. The van der Waals surface area contributed by atoms with Crippen LogP contribution < -0.4 is 0 Å². The van der Waals surface area contributed by atoms with Crippen LogP contribution in [0.2, 0.25) is 0 Å². The standard InChI is InChI=1S/C18H24N4O2/c1-18(2,3)17(23)22-11-9-21(10-12-22)13-15-19-16(24-20-15)14-7-5-4-6-8-14/h4-8H,9-13H2,1-3H3. The summed E-state index contributed by atoms with van der Waals surface area (Å²) in [5.41, 5.74) is 0.609. The Bertz CT molecular complexity index is 683. The van der Waals surface area contributed by atoms with Crippen LogP contribution in [-0.4, -0.2) is 52.0 Å². The van der Waals surface area contributed by atoms with E-state index in [0.29, 0.717) is 18.3 Å². The summed E-state index contributed by atoms with van der Waals surface area (Å²) in [6, 6.07) is 9.76. The van der Waals surface area contributed by atoms with Gasteiger partial charge in [-0.25, -0.2) is 0 Å². The predicted molar refractivity (Wildman–Crippen MR) is 91.0 cm³/mol. The van der Waals surface area contributed by atoms with E-state index in [9.17, 15) is 4.79 Å². The highest BCUT2D eigenvalue weighted by molar-refractivity contribution is 5.81. The number of hydrogen-bond acceptors (Lipinski definition) is 5. The molecule has 0 unspecified atom stereocenters. The lowest BCUT2D eigenvalue weighted by Gasteiger charge is -2.37. The van der Waals surface area contributed by atoms with Gasteiger partial charge >= 0.3 is 0 Å². The third kappa shape index (κ3) is 3.82. The van der Waals surface area contributed by atoms with Crippen molar-refractivity contribution < 1.29 is 9.32 Å². The Kier molecular flexibility index (Phi) is 4.66. The van der Waals surface area contributed by atoms with Gasteiger partial charge in [-0.15, -0.1) is 0 Å². The van der Waals surface area contributed by atoms with Crippen molar-refractivity contribution in [3.8, 4) is 11.5 Å². The number of carbonyl (C=O) groups excluding carboxylic acids is 1. The highest BCUT2D eigenvalue weighted by atomic mass is 16.5. The minimum absolute atomic E-state index is 0.216. The second-order valence-electron chi connectivity index (χ2n) is 7.20. The van der Waals surface area contributed by atoms with Gasteiger partial charge in [0.2, 0.25) is 5.91 Å². The van der Waals surface area contributed by atoms with Crippen molar-refractivity contribution in [2.45, 2.75) is 27.3 Å². The summed E-state index contributed by atoms with van der Waals surface area (Å²) in [6.07, 6.45) is 0. The second kappa shape index (κ2) is 6.73. The predicted octanol–water partition coefficient (Wildman–Crippen LogP) is 2.43. The molecule has 1 fully saturated rings. The molecule has 0 saturated carbocycles. The quantitative estimate of drug-likeness (QED) is 0.866. The fourth-order valence-electron chi connectivity index (χ4n) is 2.80. The molecule has 0 aliphatic carbocycles. The molecule has 2 aromatic rings. The Labute approximate surface area is 142 Å². The summed E-state index contributed by atoms with van der Waals surface area (Å²) in [7, 11) is 0. The van der Waals surface area contributed by atoms with Crippen molar-refractivity contribution in [3.63, 3.8) is 0 Å². The minimum Gasteiger partial charge on any atom is -0.340 e. The van der Waals surface area contributed by atoms with E-state index in [4.69, 9.17) is 4.52 Å². The Morgan fingerprint density at radius 1 is 1.12 bits per heavy atom. The lowest BCUT2D eigenvalue weighted by Crippen LogP contribution is -2.51. The Balaban J connectivity index is 1.56. The molecule has 24 heavy (non-hydrogen) atoms. The van der Waals surface area contributed by atoms with Gasteiger partial charge in [-0.05, 0) is 12.1 Å². The average Bonchev–Trinajstić information content (AvgIpc) is 3.03. The van der Waals surface area contributed by atoms with Crippen LogP contribution >= 0.6 is 0 Å². The summed E-state index contributed by atoms with van der Waals surface area (Å²) < 4.78 is 5.34.